The molecule has 0 heterocycles. The summed E-state index contributed by atoms with van der Waals surface area (Å²) in [6.45, 7) is 38.5. The quantitative estimate of drug-likeness (QED) is 0.206. The van der Waals surface area contributed by atoms with E-state index in [9.17, 15) is 4.79 Å². The van der Waals surface area contributed by atoms with E-state index in [1.807, 2.05) is 0 Å². The number of hydrogen-bond acceptors (Lipinski definition) is 4. The van der Waals surface area contributed by atoms with Crippen LogP contribution in [0, 0.1) is 50.2 Å². The number of rotatable bonds is 6. The minimum atomic E-state index is -2.10. The van der Waals surface area contributed by atoms with Gasteiger partial charge in [-0.25, -0.2) is 0 Å². The van der Waals surface area contributed by atoms with E-state index < -0.39 is 30.4 Å². The largest absolute Gasteiger partial charge is 0.519 e. The summed E-state index contributed by atoms with van der Waals surface area (Å²) in [4.78, 5) is 14.8. The van der Waals surface area contributed by atoms with Crippen LogP contribution in [0.2, 0.25) is 58.9 Å². The van der Waals surface area contributed by atoms with Crippen molar-refractivity contribution in [2.75, 3.05) is 0 Å². The number of fused-ring (bicyclic) bond motifs is 7. The molecular weight excluding hydrogens is 617 g/mol. The fourth-order valence-corrected chi connectivity index (χ4v) is 15.4. The third-order valence-electron chi connectivity index (χ3n) is 14.4. The van der Waals surface area contributed by atoms with Gasteiger partial charge in [0.05, 0.1) is 17.6 Å². The molecule has 4 fully saturated rings. The van der Waals surface area contributed by atoms with Crippen LogP contribution in [0.1, 0.15) is 106 Å². The van der Waals surface area contributed by atoms with Gasteiger partial charge in [0.25, 0.3) is 0 Å². The summed E-state index contributed by atoms with van der Waals surface area (Å²) in [6, 6.07) is 0. The molecule has 4 saturated carbocycles. The zero-order valence-corrected chi connectivity index (χ0v) is 36.0. The van der Waals surface area contributed by atoms with Gasteiger partial charge in [0.2, 0.25) is 8.32 Å². The van der Waals surface area contributed by atoms with Crippen molar-refractivity contribution in [3.8, 4) is 0 Å². The SMILES string of the molecule is CC1(C)CC[C@]2(C(=O)O[Si](C)(C)C)[C@H](O[Si](C)(C)C)C[C@]3(C)C(=CC[C@@H]4[C@@]5(C)CC[C@@H](O[Si](C)(C)C)C(C)(C)[C@@H]5CC[C@]43C)[C@@H]2C1. The van der Waals surface area contributed by atoms with Crippen molar-refractivity contribution in [3.63, 3.8) is 0 Å². The topological polar surface area (TPSA) is 44.8 Å². The van der Waals surface area contributed by atoms with Crippen molar-refractivity contribution >= 4 is 30.9 Å². The summed E-state index contributed by atoms with van der Waals surface area (Å²) < 4.78 is 20.8. The van der Waals surface area contributed by atoms with E-state index in [0.29, 0.717) is 17.9 Å². The molecule has 0 N–H and O–H groups in total. The van der Waals surface area contributed by atoms with Gasteiger partial charge in [-0.1, -0.05) is 60.1 Å². The highest BCUT2D eigenvalue weighted by molar-refractivity contribution is 6.71. The summed E-state index contributed by atoms with van der Waals surface area (Å²) in [7, 11) is -5.72. The van der Waals surface area contributed by atoms with E-state index in [4.69, 9.17) is 13.3 Å². The van der Waals surface area contributed by atoms with Crippen LogP contribution in [0.15, 0.2) is 11.6 Å². The van der Waals surface area contributed by atoms with E-state index in [1.54, 1.807) is 5.57 Å². The van der Waals surface area contributed by atoms with Gasteiger partial charge in [0, 0.05) is 0 Å². The lowest BCUT2D eigenvalue weighted by atomic mass is 9.33. The molecule has 0 aliphatic heterocycles. The second-order valence-corrected chi connectivity index (χ2v) is 35.1. The van der Waals surface area contributed by atoms with Crippen LogP contribution in [0.5, 0.6) is 0 Å². The number of carbonyl (C=O) groups excluding carboxylic acids is 1. The number of hydrogen-bond donors (Lipinski definition) is 0. The van der Waals surface area contributed by atoms with Crippen LogP contribution >= 0.6 is 0 Å². The molecule has 5 rings (SSSR count). The zero-order chi connectivity index (χ0) is 34.7. The first-order chi connectivity index (χ1) is 20.6. The van der Waals surface area contributed by atoms with Gasteiger partial charge in [-0.05, 0) is 162 Å². The monoisotopic (exact) mass is 688 g/mol. The van der Waals surface area contributed by atoms with Crippen molar-refractivity contribution < 1.29 is 18.1 Å². The fraction of sp³-hybridized carbons (Fsp3) is 0.923. The number of carbonyl (C=O) groups is 1. The van der Waals surface area contributed by atoms with Gasteiger partial charge in [-0.15, -0.1) is 0 Å². The molecule has 0 aromatic rings. The molecule has 46 heavy (non-hydrogen) atoms. The first-order valence-electron chi connectivity index (χ1n) is 18.9. The van der Waals surface area contributed by atoms with E-state index in [1.165, 1.54) is 25.7 Å². The van der Waals surface area contributed by atoms with Gasteiger partial charge in [-0.2, -0.15) is 0 Å². The van der Waals surface area contributed by atoms with Gasteiger partial charge >= 0.3 is 5.97 Å². The molecule has 5 aliphatic rings. The maximum atomic E-state index is 14.8. The molecule has 0 radical (unpaired) electrons. The van der Waals surface area contributed by atoms with Crippen LogP contribution < -0.4 is 0 Å². The van der Waals surface area contributed by atoms with E-state index in [-0.39, 0.29) is 45.1 Å². The van der Waals surface area contributed by atoms with Crippen molar-refractivity contribution in [2.45, 2.75) is 177 Å². The molecular formula is C39H72O4Si3. The van der Waals surface area contributed by atoms with Crippen LogP contribution in [0.25, 0.3) is 0 Å². The Labute approximate surface area is 287 Å². The molecule has 0 aromatic heterocycles. The Bertz CT molecular complexity index is 1240. The zero-order valence-electron chi connectivity index (χ0n) is 33.0. The number of allylic oxidation sites excluding steroid dienone is 2. The van der Waals surface area contributed by atoms with Crippen LogP contribution in [-0.2, 0) is 18.1 Å². The first kappa shape index (κ1) is 37.0. The lowest BCUT2D eigenvalue weighted by Gasteiger charge is -2.72. The Morgan fingerprint density at radius 3 is 1.85 bits per heavy atom. The molecule has 5 aliphatic carbocycles. The maximum absolute atomic E-state index is 14.8. The normalized spacial score (nSPS) is 43.7. The van der Waals surface area contributed by atoms with E-state index in [0.717, 1.165) is 32.1 Å². The summed E-state index contributed by atoms with van der Waals surface area (Å²) in [5, 5.41) is 0. The molecule has 0 unspecified atom stereocenters. The van der Waals surface area contributed by atoms with E-state index in [2.05, 4.69) is 113 Å². The molecule has 7 heteroatoms. The van der Waals surface area contributed by atoms with Crippen molar-refractivity contribution in [1.29, 1.82) is 0 Å². The van der Waals surface area contributed by atoms with Gasteiger partial charge in [-0.3, -0.25) is 4.79 Å². The highest BCUT2D eigenvalue weighted by Crippen LogP contribution is 2.76. The molecule has 9 atom stereocenters. The minimum absolute atomic E-state index is 0.00887. The molecule has 0 bridgehead atoms. The predicted octanol–water partition coefficient (Wildman–Crippen LogP) is 11.2. The van der Waals surface area contributed by atoms with Gasteiger partial charge in [0.15, 0.2) is 16.6 Å². The second-order valence-electron chi connectivity index (χ2n) is 21.8. The van der Waals surface area contributed by atoms with Crippen LogP contribution in [0.4, 0.5) is 0 Å². The smallest absolute Gasteiger partial charge is 0.301 e. The molecule has 264 valence electrons. The fourth-order valence-electron chi connectivity index (χ4n) is 12.2. The molecule has 0 aromatic carbocycles. The maximum Gasteiger partial charge on any atom is 0.301 e. The third-order valence-corrected chi connectivity index (χ3v) is 17.1. The Morgan fingerprint density at radius 1 is 0.696 bits per heavy atom. The standard InChI is InChI=1S/C39H72O4Si3/c1-34(2)23-24-39(33(40)43-46(14,15)16)28(25-34)27-17-18-30-36(5)21-20-31(41-44(8,9)10)35(3,4)29(36)19-22-37(30,6)38(27,7)26-32(39)42-45(11,12)13/h17,28-32H,18-26H2,1-16H3/t28-,29-,30+,31+,32+,36-,37+,38+,39+/m0/s1. The van der Waals surface area contributed by atoms with Crippen molar-refractivity contribution in [1.82, 2.24) is 0 Å². The predicted molar refractivity (Wildman–Crippen MR) is 200 cm³/mol. The Hall–Kier alpha value is -0.219. The molecule has 4 nitrogen and oxygen atoms in total. The van der Waals surface area contributed by atoms with Crippen LogP contribution in [-0.4, -0.2) is 43.1 Å². The Balaban J connectivity index is 1.63. The third kappa shape index (κ3) is 5.98. The van der Waals surface area contributed by atoms with Gasteiger partial charge in [0.1, 0.15) is 0 Å². The summed E-state index contributed by atoms with van der Waals surface area (Å²) >= 11 is 0. The minimum Gasteiger partial charge on any atom is -0.519 e. The highest BCUT2D eigenvalue weighted by atomic mass is 28.4. The summed E-state index contributed by atoms with van der Waals surface area (Å²) in [6.07, 6.45) is 13.0. The van der Waals surface area contributed by atoms with Gasteiger partial charge < -0.3 is 13.3 Å². The Morgan fingerprint density at radius 2 is 1.28 bits per heavy atom. The Kier molecular flexibility index (Phi) is 8.97. The van der Waals surface area contributed by atoms with Crippen LogP contribution in [0.3, 0.4) is 0 Å². The lowest BCUT2D eigenvalue weighted by Crippen LogP contribution is -2.69. The molecule has 0 spiro atoms. The van der Waals surface area contributed by atoms with Crippen molar-refractivity contribution in [2.24, 2.45) is 50.2 Å². The van der Waals surface area contributed by atoms with Crippen molar-refractivity contribution in [3.05, 3.63) is 11.6 Å². The molecule has 0 saturated heterocycles. The summed E-state index contributed by atoms with van der Waals surface area (Å²) in [5.74, 6) is 1.51. The molecule has 0 amide bonds. The second kappa shape index (κ2) is 11.1. The lowest BCUT2D eigenvalue weighted by molar-refractivity contribution is -0.215. The average molecular weight is 689 g/mol. The first-order valence-corrected chi connectivity index (χ1v) is 29.1. The summed E-state index contributed by atoms with van der Waals surface area (Å²) in [5.41, 5.74) is 1.79. The average Bonchev–Trinajstić information content (AvgIpc) is 2.83. The van der Waals surface area contributed by atoms with E-state index >= 15 is 0 Å². The highest BCUT2D eigenvalue weighted by Gasteiger charge is 2.72.